The molecule has 4 nitrogen and oxygen atoms in total. The Kier molecular flexibility index (Phi) is 14.1. The Morgan fingerprint density at radius 3 is 2.07 bits per heavy atom. The average Bonchev–Trinajstić information content (AvgIpc) is 2.60. The van der Waals surface area contributed by atoms with E-state index in [4.69, 9.17) is 0 Å². The predicted octanol–water partition coefficient (Wildman–Crippen LogP) is 4.47. The number of nitrogens with zero attached hydrogens (tertiary/aromatic N) is 3. The molecule has 0 radical (unpaired) electrons. The monoisotopic (exact) mass is 663 g/mol. The zero-order valence-electron chi connectivity index (χ0n) is 15.6. The van der Waals surface area contributed by atoms with E-state index in [1.807, 2.05) is 6.07 Å². The second-order valence-electron chi connectivity index (χ2n) is 6.87. The molecule has 2 saturated heterocycles. The summed E-state index contributed by atoms with van der Waals surface area (Å²) in [6.07, 6.45) is 2.52. The third-order valence-corrected chi connectivity index (χ3v) is 6.87. The summed E-state index contributed by atoms with van der Waals surface area (Å²) in [6.45, 7) is 11.5. The van der Waals surface area contributed by atoms with Crippen LogP contribution in [0.2, 0.25) is 0 Å². The lowest BCUT2D eigenvalue weighted by Crippen LogP contribution is -2.52. The Balaban J connectivity index is 0.00000225. The molecule has 0 unspecified atom stereocenters. The molecular formula is C18H30Cl3I2N3O. The highest BCUT2D eigenvalue weighted by Crippen LogP contribution is 2.29. The average molecular weight is 665 g/mol. The molecule has 1 N–H and O–H groups in total. The molecular weight excluding hydrogens is 634 g/mol. The Morgan fingerprint density at radius 1 is 0.926 bits per heavy atom. The first kappa shape index (κ1) is 28.2. The van der Waals surface area contributed by atoms with E-state index in [2.05, 4.69) is 72.9 Å². The van der Waals surface area contributed by atoms with Crippen LogP contribution in [-0.4, -0.2) is 71.7 Å². The van der Waals surface area contributed by atoms with Gasteiger partial charge in [-0.25, -0.2) is 0 Å². The van der Waals surface area contributed by atoms with Gasteiger partial charge < -0.3 is 10.0 Å². The number of piperidine rings is 1. The van der Waals surface area contributed by atoms with Gasteiger partial charge >= 0.3 is 0 Å². The van der Waals surface area contributed by atoms with Gasteiger partial charge in [0.25, 0.3) is 0 Å². The van der Waals surface area contributed by atoms with Gasteiger partial charge in [0, 0.05) is 47.9 Å². The minimum Gasteiger partial charge on any atom is -0.507 e. The zero-order valence-corrected chi connectivity index (χ0v) is 22.3. The van der Waals surface area contributed by atoms with Crippen LogP contribution in [0.15, 0.2) is 12.1 Å². The van der Waals surface area contributed by atoms with Crippen LogP contribution in [0.4, 0.5) is 0 Å². The van der Waals surface area contributed by atoms with Gasteiger partial charge in [0.05, 0.1) is 3.57 Å². The van der Waals surface area contributed by atoms with Crippen molar-refractivity contribution in [3.63, 3.8) is 0 Å². The number of phenolic OH excluding ortho intramolecular Hbond substituents is 1. The van der Waals surface area contributed by atoms with Crippen molar-refractivity contribution < 1.29 is 5.11 Å². The number of hydrogen-bond acceptors (Lipinski definition) is 4. The smallest absolute Gasteiger partial charge is 0.133 e. The van der Waals surface area contributed by atoms with Crippen molar-refractivity contribution in [2.45, 2.75) is 32.4 Å². The highest BCUT2D eigenvalue weighted by molar-refractivity contribution is 14.1. The first-order chi connectivity index (χ1) is 11.6. The maximum Gasteiger partial charge on any atom is 0.133 e. The summed E-state index contributed by atoms with van der Waals surface area (Å²) in [5.74, 6) is 0.467. The topological polar surface area (TPSA) is 30.0 Å². The maximum absolute atomic E-state index is 10.3. The minimum atomic E-state index is 0. The third kappa shape index (κ3) is 7.77. The summed E-state index contributed by atoms with van der Waals surface area (Å²) < 4.78 is 2.16. The molecule has 1 aromatic rings. The van der Waals surface area contributed by atoms with Gasteiger partial charge in [-0.15, -0.1) is 37.2 Å². The zero-order chi connectivity index (χ0) is 17.1. The number of hydrogen-bond donors (Lipinski definition) is 1. The van der Waals surface area contributed by atoms with Gasteiger partial charge in [0.1, 0.15) is 5.75 Å². The van der Waals surface area contributed by atoms with E-state index < -0.39 is 0 Å². The highest BCUT2D eigenvalue weighted by Gasteiger charge is 2.27. The summed E-state index contributed by atoms with van der Waals surface area (Å²) in [4.78, 5) is 7.75. The summed E-state index contributed by atoms with van der Waals surface area (Å²) in [5.41, 5.74) is 1.07. The molecule has 0 saturated carbocycles. The van der Waals surface area contributed by atoms with Crippen LogP contribution in [0.3, 0.4) is 0 Å². The second kappa shape index (κ2) is 13.5. The Hall–Kier alpha value is 1.23. The molecule has 0 bridgehead atoms. The molecule has 0 amide bonds. The Labute approximate surface area is 209 Å². The van der Waals surface area contributed by atoms with Crippen molar-refractivity contribution in [1.82, 2.24) is 14.7 Å². The summed E-state index contributed by atoms with van der Waals surface area (Å²) in [7, 11) is 0. The summed E-state index contributed by atoms with van der Waals surface area (Å²) in [6, 6.07) is 4.90. The minimum absolute atomic E-state index is 0. The number of piperazine rings is 1. The summed E-state index contributed by atoms with van der Waals surface area (Å²) in [5, 5.41) is 10.3. The van der Waals surface area contributed by atoms with Crippen LogP contribution >= 0.6 is 82.4 Å². The standard InChI is InChI=1S/C18H27I2N3O.3ClH/c1-2-21-7-9-23(10-8-21)16-3-5-22(6-4-16)13-14-11-15(19)12-17(20)18(14)24;;;/h11-12,16,24H,2-10,13H2,1H3;3*1H. The molecule has 27 heavy (non-hydrogen) atoms. The molecule has 2 heterocycles. The molecule has 0 spiro atoms. The van der Waals surface area contributed by atoms with Crippen molar-refractivity contribution in [3.8, 4) is 5.75 Å². The lowest BCUT2D eigenvalue weighted by atomic mass is 10.0. The molecule has 2 fully saturated rings. The van der Waals surface area contributed by atoms with Gasteiger partial charge in [0.15, 0.2) is 0 Å². The van der Waals surface area contributed by atoms with Crippen molar-refractivity contribution in [2.24, 2.45) is 0 Å². The van der Waals surface area contributed by atoms with E-state index >= 15 is 0 Å². The molecule has 9 heteroatoms. The van der Waals surface area contributed by atoms with Crippen LogP contribution in [0.1, 0.15) is 25.3 Å². The van der Waals surface area contributed by atoms with E-state index in [9.17, 15) is 5.11 Å². The first-order valence-electron chi connectivity index (χ1n) is 8.92. The van der Waals surface area contributed by atoms with Crippen LogP contribution in [0.25, 0.3) is 0 Å². The van der Waals surface area contributed by atoms with Gasteiger partial charge in [-0.05, 0) is 89.8 Å². The molecule has 2 aliphatic rings. The van der Waals surface area contributed by atoms with E-state index in [1.54, 1.807) is 0 Å². The van der Waals surface area contributed by atoms with Crippen molar-refractivity contribution >= 4 is 82.4 Å². The third-order valence-electron chi connectivity index (χ3n) is 5.43. The lowest BCUT2D eigenvalue weighted by molar-refractivity contribution is 0.0592. The van der Waals surface area contributed by atoms with E-state index in [-0.39, 0.29) is 37.2 Å². The molecule has 3 rings (SSSR count). The number of halogens is 5. The molecule has 2 aliphatic heterocycles. The molecule has 1 aromatic carbocycles. The summed E-state index contributed by atoms with van der Waals surface area (Å²) >= 11 is 4.56. The molecule has 0 atom stereocenters. The number of phenols is 1. The highest BCUT2D eigenvalue weighted by atomic mass is 127. The van der Waals surface area contributed by atoms with Crippen molar-refractivity contribution in [2.75, 3.05) is 45.8 Å². The molecule has 158 valence electrons. The quantitative estimate of drug-likeness (QED) is 0.482. The van der Waals surface area contributed by atoms with Gasteiger partial charge in [-0.1, -0.05) is 6.92 Å². The largest absolute Gasteiger partial charge is 0.507 e. The number of rotatable bonds is 4. The number of aromatic hydroxyl groups is 1. The van der Waals surface area contributed by atoms with Crippen molar-refractivity contribution in [1.29, 1.82) is 0 Å². The fourth-order valence-corrected chi connectivity index (χ4v) is 5.83. The maximum atomic E-state index is 10.3. The van der Waals surface area contributed by atoms with Crippen LogP contribution in [0.5, 0.6) is 5.75 Å². The Bertz CT molecular complexity index is 567. The lowest BCUT2D eigenvalue weighted by Gasteiger charge is -2.42. The predicted molar refractivity (Wildman–Crippen MR) is 137 cm³/mol. The van der Waals surface area contributed by atoms with E-state index in [1.165, 1.54) is 49.1 Å². The van der Waals surface area contributed by atoms with E-state index in [0.717, 1.165) is 34.8 Å². The van der Waals surface area contributed by atoms with Gasteiger partial charge in [0.2, 0.25) is 0 Å². The number of benzene rings is 1. The van der Waals surface area contributed by atoms with Gasteiger partial charge in [-0.2, -0.15) is 0 Å². The fraction of sp³-hybridized carbons (Fsp3) is 0.667. The number of likely N-dealkylation sites (tertiary alicyclic amines) is 1. The van der Waals surface area contributed by atoms with Crippen LogP contribution in [0, 0.1) is 7.14 Å². The first-order valence-corrected chi connectivity index (χ1v) is 11.1. The van der Waals surface area contributed by atoms with Crippen molar-refractivity contribution in [3.05, 3.63) is 24.8 Å². The molecule has 0 aliphatic carbocycles. The van der Waals surface area contributed by atoms with Crippen LogP contribution in [-0.2, 0) is 6.54 Å². The SMILES string of the molecule is CCN1CCN(C2CCN(Cc3cc(I)cc(I)c3O)CC2)CC1.Cl.Cl.Cl. The Morgan fingerprint density at radius 2 is 1.52 bits per heavy atom. The van der Waals surface area contributed by atoms with Gasteiger partial charge in [-0.3, -0.25) is 9.80 Å². The van der Waals surface area contributed by atoms with E-state index in [0.29, 0.717) is 5.75 Å². The second-order valence-corrected chi connectivity index (χ2v) is 9.28. The fourth-order valence-electron chi connectivity index (χ4n) is 3.87. The normalized spacial score (nSPS) is 19.7. The molecule has 0 aromatic heterocycles. The number of likely N-dealkylation sites (N-methyl/N-ethyl adjacent to an activating group) is 1. The van der Waals surface area contributed by atoms with Crippen LogP contribution < -0.4 is 0 Å².